The fourth-order valence-electron chi connectivity index (χ4n) is 2.27. The van der Waals surface area contributed by atoms with Crippen molar-refractivity contribution in [3.63, 3.8) is 0 Å². The zero-order valence-electron chi connectivity index (χ0n) is 13.6. The van der Waals surface area contributed by atoms with Crippen molar-refractivity contribution in [2.24, 2.45) is 0 Å². The van der Waals surface area contributed by atoms with Crippen LogP contribution in [-0.2, 0) is 9.84 Å². The van der Waals surface area contributed by atoms with Gasteiger partial charge in [-0.1, -0.05) is 23.4 Å². The molecule has 0 amide bonds. The molecular weight excluding hydrogens is 364 g/mol. The van der Waals surface area contributed by atoms with Gasteiger partial charge in [0.1, 0.15) is 0 Å². The van der Waals surface area contributed by atoms with Crippen LogP contribution in [0.3, 0.4) is 0 Å². The summed E-state index contributed by atoms with van der Waals surface area (Å²) in [4.78, 5) is 3.89. The van der Waals surface area contributed by atoms with Gasteiger partial charge in [-0.05, 0) is 43.3 Å². The van der Waals surface area contributed by atoms with Crippen LogP contribution in [0.25, 0.3) is 11.5 Å². The van der Waals surface area contributed by atoms with E-state index in [1.54, 1.807) is 6.92 Å². The van der Waals surface area contributed by atoms with Crippen LogP contribution in [0.15, 0.2) is 64.0 Å². The van der Waals surface area contributed by atoms with Gasteiger partial charge in [-0.25, -0.2) is 8.42 Å². The summed E-state index contributed by atoms with van der Waals surface area (Å²) in [7, 11) is -4.60. The summed E-state index contributed by atoms with van der Waals surface area (Å²) in [6.45, 7) is 1.80. The number of nitrogens with one attached hydrogen (secondary N) is 1. The quantitative estimate of drug-likeness (QED) is 0.699. The molecule has 1 aromatic heterocycles. The summed E-state index contributed by atoms with van der Waals surface area (Å²) in [5.74, 6) is -2.66. The molecule has 0 fully saturated rings. The van der Waals surface area contributed by atoms with Gasteiger partial charge in [-0.2, -0.15) is 13.8 Å². The second kappa shape index (κ2) is 7.20. The summed E-state index contributed by atoms with van der Waals surface area (Å²) in [5, 5.41) is 6.99. The highest BCUT2D eigenvalue weighted by Crippen LogP contribution is 2.24. The maximum Gasteiger partial charge on any atom is 0.341 e. The smallest absolute Gasteiger partial charge is 0.341 e. The van der Waals surface area contributed by atoms with Gasteiger partial charge in [0.2, 0.25) is 9.84 Å². The lowest BCUT2D eigenvalue weighted by atomic mass is 10.2. The van der Waals surface area contributed by atoms with Crippen molar-refractivity contribution in [1.82, 2.24) is 10.1 Å². The molecule has 136 valence electrons. The summed E-state index contributed by atoms with van der Waals surface area (Å²) < 4.78 is 53.2. The summed E-state index contributed by atoms with van der Waals surface area (Å²) in [6.07, 6.45) is 0. The van der Waals surface area contributed by atoms with Crippen molar-refractivity contribution < 1.29 is 21.7 Å². The lowest BCUT2D eigenvalue weighted by Gasteiger charge is -2.12. The molecule has 0 aliphatic rings. The Balaban J connectivity index is 1.73. The van der Waals surface area contributed by atoms with E-state index in [2.05, 4.69) is 15.5 Å². The van der Waals surface area contributed by atoms with Gasteiger partial charge < -0.3 is 9.84 Å². The van der Waals surface area contributed by atoms with E-state index in [-0.39, 0.29) is 6.04 Å². The monoisotopic (exact) mass is 379 g/mol. The molecule has 0 bridgehead atoms. The Morgan fingerprint density at radius 2 is 1.69 bits per heavy atom. The molecule has 0 radical (unpaired) electrons. The minimum Gasteiger partial charge on any atom is -0.375 e. The van der Waals surface area contributed by atoms with Crippen LogP contribution in [0.2, 0.25) is 0 Å². The zero-order valence-corrected chi connectivity index (χ0v) is 14.5. The average molecular weight is 379 g/mol. The summed E-state index contributed by atoms with van der Waals surface area (Å²) in [6, 6.07) is 14.0. The van der Waals surface area contributed by atoms with E-state index >= 15 is 0 Å². The summed E-state index contributed by atoms with van der Waals surface area (Å²) in [5.41, 5.74) is 1.33. The van der Waals surface area contributed by atoms with Crippen LogP contribution in [-0.4, -0.2) is 24.3 Å². The van der Waals surface area contributed by atoms with E-state index in [4.69, 9.17) is 4.52 Å². The zero-order chi connectivity index (χ0) is 18.7. The highest BCUT2D eigenvalue weighted by Gasteiger charge is 2.26. The average Bonchev–Trinajstić information content (AvgIpc) is 3.13. The topological polar surface area (TPSA) is 85.1 Å². The van der Waals surface area contributed by atoms with Crippen LogP contribution in [0, 0.1) is 0 Å². The fraction of sp³-hybridized carbons (Fsp3) is 0.176. The predicted molar refractivity (Wildman–Crippen MR) is 91.4 cm³/mol. The normalized spacial score (nSPS) is 12.9. The third-order valence-corrected chi connectivity index (χ3v) is 5.05. The van der Waals surface area contributed by atoms with Gasteiger partial charge in [-0.3, -0.25) is 0 Å². The molecule has 2 aromatic carbocycles. The van der Waals surface area contributed by atoms with Crippen LogP contribution >= 0.6 is 0 Å². The number of anilines is 1. The Kier molecular flexibility index (Phi) is 4.99. The second-order valence-electron chi connectivity index (χ2n) is 5.52. The molecule has 1 N–H and O–H groups in total. The van der Waals surface area contributed by atoms with E-state index in [0.29, 0.717) is 17.4 Å². The molecule has 1 atom stereocenters. The Hall–Kier alpha value is -2.81. The molecule has 9 heteroatoms. The van der Waals surface area contributed by atoms with Crippen molar-refractivity contribution in [3.05, 3.63) is 60.4 Å². The van der Waals surface area contributed by atoms with Gasteiger partial charge in [0, 0.05) is 11.3 Å². The fourth-order valence-corrected chi connectivity index (χ4v) is 2.99. The first-order chi connectivity index (χ1) is 12.4. The third kappa shape index (κ3) is 3.72. The van der Waals surface area contributed by atoms with Crippen molar-refractivity contribution in [3.8, 4) is 11.5 Å². The number of halogens is 2. The number of aromatic nitrogens is 2. The number of nitrogens with zero attached hydrogens (tertiary/aromatic N) is 2. The van der Waals surface area contributed by atoms with E-state index < -0.39 is 20.5 Å². The molecule has 1 heterocycles. The first-order valence-corrected chi connectivity index (χ1v) is 9.20. The van der Waals surface area contributed by atoms with Gasteiger partial charge in [-0.15, -0.1) is 0 Å². The molecule has 1 unspecified atom stereocenters. The van der Waals surface area contributed by atoms with Crippen LogP contribution in [0.4, 0.5) is 14.5 Å². The molecule has 0 saturated carbocycles. The molecule has 0 aliphatic heterocycles. The number of alkyl halides is 2. The van der Waals surface area contributed by atoms with E-state index in [0.717, 1.165) is 17.7 Å². The van der Waals surface area contributed by atoms with E-state index in [9.17, 15) is 17.2 Å². The molecule has 6 nitrogen and oxygen atoms in total. The molecule has 3 rings (SSSR count). The maximum absolute atomic E-state index is 12.5. The van der Waals surface area contributed by atoms with Crippen LogP contribution in [0.1, 0.15) is 18.8 Å². The Morgan fingerprint density at radius 1 is 1.04 bits per heavy atom. The minimum atomic E-state index is -4.60. The van der Waals surface area contributed by atoms with Crippen LogP contribution in [0.5, 0.6) is 0 Å². The van der Waals surface area contributed by atoms with Gasteiger partial charge in [0.15, 0.2) is 5.82 Å². The van der Waals surface area contributed by atoms with Crippen molar-refractivity contribution in [1.29, 1.82) is 0 Å². The van der Waals surface area contributed by atoms with Crippen molar-refractivity contribution >= 4 is 15.5 Å². The Bertz CT molecular complexity index is 974. The first-order valence-electron chi connectivity index (χ1n) is 7.65. The molecule has 0 saturated heterocycles. The lowest BCUT2D eigenvalue weighted by molar-refractivity contribution is 0.234. The van der Waals surface area contributed by atoms with Crippen molar-refractivity contribution in [2.45, 2.75) is 23.6 Å². The molecule has 0 spiro atoms. The second-order valence-corrected chi connectivity index (χ2v) is 7.44. The third-order valence-electron chi connectivity index (χ3n) is 3.65. The van der Waals surface area contributed by atoms with E-state index in [1.807, 2.05) is 30.3 Å². The van der Waals surface area contributed by atoms with Gasteiger partial charge >= 0.3 is 5.76 Å². The Morgan fingerprint density at radius 3 is 2.31 bits per heavy atom. The lowest BCUT2D eigenvalue weighted by Crippen LogP contribution is -2.12. The minimum absolute atomic E-state index is 0.339. The molecule has 0 aliphatic carbocycles. The molecule has 3 aromatic rings. The standard InChI is InChI=1S/C17H15F2N3O3S/c1-11(15-21-16(25-22-15)12-5-3-2-4-6-12)20-13-7-9-14(10-8-13)26(23,24)17(18)19/h2-11,17,20H,1H3. The molecule has 26 heavy (non-hydrogen) atoms. The van der Waals surface area contributed by atoms with Gasteiger partial charge in [0.25, 0.3) is 5.89 Å². The van der Waals surface area contributed by atoms with E-state index in [1.165, 1.54) is 12.1 Å². The SMILES string of the molecule is CC(Nc1ccc(S(=O)(=O)C(F)F)cc1)c1noc(-c2ccccc2)n1. The predicted octanol–water partition coefficient (Wildman–Crippen LogP) is 3.91. The first kappa shape index (κ1) is 18.0. The van der Waals surface area contributed by atoms with Gasteiger partial charge in [0.05, 0.1) is 10.9 Å². The number of hydrogen-bond acceptors (Lipinski definition) is 6. The highest BCUT2D eigenvalue weighted by molar-refractivity contribution is 7.91. The Labute approximate surface area is 148 Å². The number of sulfone groups is 1. The van der Waals surface area contributed by atoms with Crippen LogP contribution < -0.4 is 5.32 Å². The number of benzene rings is 2. The van der Waals surface area contributed by atoms with Crippen molar-refractivity contribution in [2.75, 3.05) is 5.32 Å². The highest BCUT2D eigenvalue weighted by atomic mass is 32.2. The number of rotatable bonds is 6. The summed E-state index contributed by atoms with van der Waals surface area (Å²) >= 11 is 0. The number of hydrogen-bond donors (Lipinski definition) is 1. The molecular formula is C17H15F2N3O3S. The largest absolute Gasteiger partial charge is 0.375 e. The maximum atomic E-state index is 12.5.